The number of carbonyl (C=O) groups excluding carboxylic acids is 2. The zero-order valence-corrected chi connectivity index (χ0v) is 13.3. The highest BCUT2D eigenvalue weighted by Crippen LogP contribution is 2.28. The second-order valence-corrected chi connectivity index (χ2v) is 6.10. The van der Waals surface area contributed by atoms with Crippen molar-refractivity contribution in [2.75, 3.05) is 13.1 Å². The minimum atomic E-state index is -0.134. The molecule has 1 saturated carbocycles. The first-order valence-electron chi connectivity index (χ1n) is 7.91. The number of hydrogen-bond acceptors (Lipinski definition) is 4. The maximum Gasteiger partial charge on any atom is 0.274 e. The van der Waals surface area contributed by atoms with E-state index in [-0.39, 0.29) is 17.9 Å². The standard InChI is InChI=1S/C16H24N4O2/c1-12(2)5-7-19-15(21)6-10-20(13-3-4-13)16(22)14-11-17-8-9-18-14/h8-9,11-13H,3-7,10H2,1-2H3,(H,19,21). The Labute approximate surface area is 131 Å². The molecule has 1 N–H and O–H groups in total. The number of carbonyl (C=O) groups is 2. The molecule has 1 aromatic rings. The molecule has 1 aliphatic rings. The van der Waals surface area contributed by atoms with E-state index in [2.05, 4.69) is 29.1 Å². The van der Waals surface area contributed by atoms with Crippen molar-refractivity contribution in [2.45, 2.75) is 45.6 Å². The van der Waals surface area contributed by atoms with E-state index in [1.165, 1.54) is 12.4 Å². The molecule has 0 aromatic carbocycles. The van der Waals surface area contributed by atoms with Gasteiger partial charge in [-0.15, -0.1) is 0 Å². The van der Waals surface area contributed by atoms with E-state index in [1.54, 1.807) is 11.1 Å². The van der Waals surface area contributed by atoms with Gasteiger partial charge in [-0.1, -0.05) is 13.8 Å². The zero-order chi connectivity index (χ0) is 15.9. The van der Waals surface area contributed by atoms with Gasteiger partial charge in [0, 0.05) is 37.9 Å². The summed E-state index contributed by atoms with van der Waals surface area (Å²) in [6.07, 6.45) is 7.83. The minimum Gasteiger partial charge on any atom is -0.356 e. The first kappa shape index (κ1) is 16.4. The van der Waals surface area contributed by atoms with Crippen LogP contribution >= 0.6 is 0 Å². The maximum atomic E-state index is 12.4. The van der Waals surface area contributed by atoms with Crippen molar-refractivity contribution in [2.24, 2.45) is 5.92 Å². The van der Waals surface area contributed by atoms with E-state index in [4.69, 9.17) is 0 Å². The van der Waals surface area contributed by atoms with Crippen LogP contribution in [0.25, 0.3) is 0 Å². The first-order chi connectivity index (χ1) is 10.6. The van der Waals surface area contributed by atoms with Crippen LogP contribution in [0.1, 0.15) is 50.0 Å². The van der Waals surface area contributed by atoms with Crippen LogP contribution in [0.2, 0.25) is 0 Å². The molecule has 1 aromatic heterocycles. The number of nitrogens with one attached hydrogen (secondary N) is 1. The fraction of sp³-hybridized carbons (Fsp3) is 0.625. The predicted molar refractivity (Wildman–Crippen MR) is 83.2 cm³/mol. The van der Waals surface area contributed by atoms with Crippen molar-refractivity contribution in [1.82, 2.24) is 20.2 Å². The largest absolute Gasteiger partial charge is 0.356 e. The minimum absolute atomic E-state index is 0.00162. The monoisotopic (exact) mass is 304 g/mol. The summed E-state index contributed by atoms with van der Waals surface area (Å²) in [4.78, 5) is 34.0. The molecule has 0 bridgehead atoms. The maximum absolute atomic E-state index is 12.4. The normalized spacial score (nSPS) is 14.0. The molecule has 120 valence electrons. The van der Waals surface area contributed by atoms with Crippen LogP contribution in [-0.4, -0.2) is 45.8 Å². The van der Waals surface area contributed by atoms with E-state index in [0.717, 1.165) is 19.3 Å². The third kappa shape index (κ3) is 5.09. The van der Waals surface area contributed by atoms with Crippen LogP contribution in [0.4, 0.5) is 0 Å². The van der Waals surface area contributed by atoms with Gasteiger partial charge in [0.25, 0.3) is 5.91 Å². The van der Waals surface area contributed by atoms with Crippen molar-refractivity contribution in [1.29, 1.82) is 0 Å². The summed E-state index contributed by atoms with van der Waals surface area (Å²) in [6.45, 7) is 5.38. The van der Waals surface area contributed by atoms with Gasteiger partial charge in [0.2, 0.25) is 5.91 Å². The summed E-state index contributed by atoms with van der Waals surface area (Å²) < 4.78 is 0. The number of amides is 2. The Morgan fingerprint density at radius 2 is 2.14 bits per heavy atom. The van der Waals surface area contributed by atoms with Crippen molar-refractivity contribution < 1.29 is 9.59 Å². The Balaban J connectivity index is 1.82. The highest BCUT2D eigenvalue weighted by Gasteiger charge is 2.33. The SMILES string of the molecule is CC(C)CCNC(=O)CCN(C(=O)c1cnccn1)C1CC1. The topological polar surface area (TPSA) is 75.2 Å². The van der Waals surface area contributed by atoms with Gasteiger partial charge in [-0.25, -0.2) is 4.98 Å². The number of aromatic nitrogens is 2. The molecule has 22 heavy (non-hydrogen) atoms. The van der Waals surface area contributed by atoms with Gasteiger partial charge in [-0.05, 0) is 25.2 Å². The Morgan fingerprint density at radius 1 is 1.36 bits per heavy atom. The van der Waals surface area contributed by atoms with E-state index < -0.39 is 0 Å². The lowest BCUT2D eigenvalue weighted by atomic mass is 10.1. The lowest BCUT2D eigenvalue weighted by Crippen LogP contribution is -2.37. The van der Waals surface area contributed by atoms with Crippen molar-refractivity contribution in [3.05, 3.63) is 24.3 Å². The van der Waals surface area contributed by atoms with Gasteiger partial charge in [-0.3, -0.25) is 14.6 Å². The summed E-state index contributed by atoms with van der Waals surface area (Å²) in [5.41, 5.74) is 0.342. The molecular weight excluding hydrogens is 280 g/mol. The van der Waals surface area contributed by atoms with Gasteiger partial charge in [-0.2, -0.15) is 0 Å². The molecular formula is C16H24N4O2. The van der Waals surface area contributed by atoms with E-state index >= 15 is 0 Å². The molecule has 6 heteroatoms. The van der Waals surface area contributed by atoms with Crippen molar-refractivity contribution in [3.63, 3.8) is 0 Å². The highest BCUT2D eigenvalue weighted by molar-refractivity contribution is 5.92. The van der Waals surface area contributed by atoms with Gasteiger partial charge in [0.05, 0.1) is 6.20 Å². The van der Waals surface area contributed by atoms with Gasteiger partial charge in [0.1, 0.15) is 5.69 Å². The van der Waals surface area contributed by atoms with E-state index in [1.807, 2.05) is 0 Å². The quantitative estimate of drug-likeness (QED) is 0.792. The van der Waals surface area contributed by atoms with Crippen molar-refractivity contribution >= 4 is 11.8 Å². The molecule has 1 aliphatic carbocycles. The third-order valence-corrected chi connectivity index (χ3v) is 3.65. The van der Waals surface area contributed by atoms with Gasteiger partial charge >= 0.3 is 0 Å². The van der Waals surface area contributed by atoms with Crippen LogP contribution in [0, 0.1) is 5.92 Å². The number of nitrogens with zero attached hydrogens (tertiary/aromatic N) is 3. The molecule has 6 nitrogen and oxygen atoms in total. The molecule has 0 unspecified atom stereocenters. The first-order valence-corrected chi connectivity index (χ1v) is 7.91. The molecule has 1 heterocycles. The van der Waals surface area contributed by atoms with Gasteiger partial charge in [0.15, 0.2) is 0 Å². The lowest BCUT2D eigenvalue weighted by molar-refractivity contribution is -0.121. The summed E-state index contributed by atoms with van der Waals surface area (Å²) >= 11 is 0. The van der Waals surface area contributed by atoms with Crippen LogP contribution in [0.15, 0.2) is 18.6 Å². The second-order valence-electron chi connectivity index (χ2n) is 6.10. The molecule has 1 fully saturated rings. The molecule has 0 saturated heterocycles. The average molecular weight is 304 g/mol. The summed E-state index contributed by atoms with van der Waals surface area (Å²) in [7, 11) is 0. The van der Waals surface area contributed by atoms with Crippen molar-refractivity contribution in [3.8, 4) is 0 Å². The Morgan fingerprint density at radius 3 is 2.73 bits per heavy atom. The molecule has 0 radical (unpaired) electrons. The molecule has 2 amide bonds. The Kier molecular flexibility index (Phi) is 5.86. The Hall–Kier alpha value is -1.98. The molecule has 0 atom stereocenters. The van der Waals surface area contributed by atoms with Crippen LogP contribution in [0.5, 0.6) is 0 Å². The number of hydrogen-bond donors (Lipinski definition) is 1. The second kappa shape index (κ2) is 7.87. The summed E-state index contributed by atoms with van der Waals surface area (Å²) in [5, 5.41) is 2.90. The van der Waals surface area contributed by atoms with Crippen LogP contribution in [0.3, 0.4) is 0 Å². The molecule has 0 spiro atoms. The van der Waals surface area contributed by atoms with Crippen LogP contribution in [-0.2, 0) is 4.79 Å². The summed E-state index contributed by atoms with van der Waals surface area (Å²) in [6, 6.07) is 0.248. The molecule has 2 rings (SSSR count). The fourth-order valence-corrected chi connectivity index (χ4v) is 2.20. The van der Waals surface area contributed by atoms with Crippen LogP contribution < -0.4 is 5.32 Å². The average Bonchev–Trinajstić information content (AvgIpc) is 3.32. The number of rotatable bonds is 8. The highest BCUT2D eigenvalue weighted by atomic mass is 16.2. The predicted octanol–water partition coefficient (Wildman–Crippen LogP) is 1.63. The summed E-state index contributed by atoms with van der Waals surface area (Å²) in [5.74, 6) is 0.435. The smallest absolute Gasteiger partial charge is 0.274 e. The molecule has 0 aliphatic heterocycles. The third-order valence-electron chi connectivity index (χ3n) is 3.65. The fourth-order valence-electron chi connectivity index (χ4n) is 2.20. The van der Waals surface area contributed by atoms with E-state index in [9.17, 15) is 9.59 Å². The van der Waals surface area contributed by atoms with E-state index in [0.29, 0.717) is 31.1 Å². The van der Waals surface area contributed by atoms with Gasteiger partial charge < -0.3 is 10.2 Å². The Bertz CT molecular complexity index is 500. The lowest BCUT2D eigenvalue weighted by Gasteiger charge is -2.21. The zero-order valence-electron chi connectivity index (χ0n) is 13.3.